The van der Waals surface area contributed by atoms with E-state index in [2.05, 4.69) is 56.0 Å². The molecule has 8 heteroatoms. The quantitative estimate of drug-likeness (QED) is 0.564. The minimum absolute atomic E-state index is 0.663. The zero-order valence-corrected chi connectivity index (χ0v) is 18.9. The summed E-state index contributed by atoms with van der Waals surface area (Å²) < 4.78 is 10.9. The molecule has 0 spiro atoms. The van der Waals surface area contributed by atoms with E-state index < -0.39 is 0 Å². The van der Waals surface area contributed by atoms with Crippen molar-refractivity contribution < 1.29 is 9.47 Å². The van der Waals surface area contributed by atoms with Crippen molar-refractivity contribution in [2.45, 2.75) is 6.54 Å². The molecule has 2 aromatic carbocycles. The average Bonchev–Trinajstić information content (AvgIpc) is 2.83. The van der Waals surface area contributed by atoms with Crippen molar-refractivity contribution in [1.82, 2.24) is 19.8 Å². The lowest BCUT2D eigenvalue weighted by molar-refractivity contribution is 0.333. The molecule has 0 bridgehead atoms. The van der Waals surface area contributed by atoms with Crippen LogP contribution in [0.5, 0.6) is 11.5 Å². The number of anilines is 1. The number of ether oxygens (including phenoxy) is 2. The molecule has 0 amide bonds. The predicted octanol–water partition coefficient (Wildman–Crippen LogP) is 3.19. The highest BCUT2D eigenvalue weighted by molar-refractivity contribution is 7.80. The van der Waals surface area contributed by atoms with Gasteiger partial charge in [0.1, 0.15) is 12.1 Å². The van der Waals surface area contributed by atoms with Crippen molar-refractivity contribution >= 4 is 34.1 Å². The molecule has 162 valence electrons. The standard InChI is InChI=1S/C23H27N5O2S/c1-26(15-17-7-5-4-6-8-17)23(31)28-11-9-27(10-12-28)22-18-13-20(29-2)21(30-3)14-19(18)24-16-25-22/h4-8,13-14,16H,9-12,15H2,1-3H3. The number of benzene rings is 2. The monoisotopic (exact) mass is 437 g/mol. The van der Waals surface area contributed by atoms with Crippen LogP contribution in [0.25, 0.3) is 10.9 Å². The molecule has 0 atom stereocenters. The molecule has 1 saturated heterocycles. The molecule has 1 aromatic heterocycles. The van der Waals surface area contributed by atoms with Crippen LogP contribution in [0.4, 0.5) is 5.82 Å². The summed E-state index contributed by atoms with van der Waals surface area (Å²) in [5.74, 6) is 2.25. The fraction of sp³-hybridized carbons (Fsp3) is 0.348. The van der Waals surface area contributed by atoms with Crippen LogP contribution in [-0.2, 0) is 6.54 Å². The lowest BCUT2D eigenvalue weighted by atomic mass is 10.2. The Balaban J connectivity index is 1.46. The van der Waals surface area contributed by atoms with Crippen LogP contribution >= 0.6 is 12.2 Å². The zero-order valence-electron chi connectivity index (χ0n) is 18.1. The van der Waals surface area contributed by atoms with Gasteiger partial charge in [-0.25, -0.2) is 9.97 Å². The fourth-order valence-electron chi connectivity index (χ4n) is 3.90. The Morgan fingerprint density at radius 1 is 1.00 bits per heavy atom. The highest BCUT2D eigenvalue weighted by Crippen LogP contribution is 2.34. The first kappa shape index (κ1) is 21.1. The molecule has 4 rings (SSSR count). The van der Waals surface area contributed by atoms with Gasteiger partial charge in [-0.15, -0.1) is 0 Å². The van der Waals surface area contributed by atoms with Crippen molar-refractivity contribution in [1.29, 1.82) is 0 Å². The zero-order chi connectivity index (χ0) is 21.8. The maximum Gasteiger partial charge on any atom is 0.171 e. The van der Waals surface area contributed by atoms with E-state index in [0.717, 1.165) is 54.6 Å². The van der Waals surface area contributed by atoms with Crippen molar-refractivity contribution in [3.63, 3.8) is 0 Å². The number of rotatable bonds is 5. The van der Waals surface area contributed by atoms with Crippen molar-refractivity contribution in [2.75, 3.05) is 52.3 Å². The molecule has 0 unspecified atom stereocenters. The largest absolute Gasteiger partial charge is 0.493 e. The summed E-state index contributed by atoms with van der Waals surface area (Å²) in [4.78, 5) is 15.7. The van der Waals surface area contributed by atoms with Crippen LogP contribution in [0.2, 0.25) is 0 Å². The molecule has 2 heterocycles. The van der Waals surface area contributed by atoms with E-state index in [1.807, 2.05) is 18.2 Å². The first-order valence-corrected chi connectivity index (χ1v) is 10.7. The van der Waals surface area contributed by atoms with E-state index >= 15 is 0 Å². The van der Waals surface area contributed by atoms with Gasteiger partial charge in [-0.3, -0.25) is 0 Å². The van der Waals surface area contributed by atoms with Gasteiger partial charge in [-0.2, -0.15) is 0 Å². The maximum absolute atomic E-state index is 5.77. The Hall–Kier alpha value is -3.13. The highest BCUT2D eigenvalue weighted by atomic mass is 32.1. The number of nitrogens with zero attached hydrogens (tertiary/aromatic N) is 5. The summed E-state index contributed by atoms with van der Waals surface area (Å²) in [6.45, 7) is 4.16. The lowest BCUT2D eigenvalue weighted by Crippen LogP contribution is -2.52. The first-order valence-electron chi connectivity index (χ1n) is 10.3. The second-order valence-electron chi connectivity index (χ2n) is 7.52. The minimum Gasteiger partial charge on any atom is -0.493 e. The minimum atomic E-state index is 0.663. The van der Waals surface area contributed by atoms with Crippen LogP contribution in [0.15, 0.2) is 48.8 Å². The second kappa shape index (κ2) is 9.34. The number of aromatic nitrogens is 2. The summed E-state index contributed by atoms with van der Waals surface area (Å²) in [5.41, 5.74) is 2.09. The third-order valence-corrected chi connectivity index (χ3v) is 6.13. The van der Waals surface area contributed by atoms with E-state index in [1.165, 1.54) is 5.56 Å². The van der Waals surface area contributed by atoms with Crippen LogP contribution in [0, 0.1) is 0 Å². The molecule has 7 nitrogen and oxygen atoms in total. The van der Waals surface area contributed by atoms with E-state index in [-0.39, 0.29) is 0 Å². The lowest BCUT2D eigenvalue weighted by Gasteiger charge is -2.39. The van der Waals surface area contributed by atoms with Gasteiger partial charge in [-0.1, -0.05) is 30.3 Å². The number of fused-ring (bicyclic) bond motifs is 1. The summed E-state index contributed by atoms with van der Waals surface area (Å²) in [7, 11) is 5.32. The van der Waals surface area contributed by atoms with Gasteiger partial charge in [0.25, 0.3) is 0 Å². The van der Waals surface area contributed by atoms with E-state index in [4.69, 9.17) is 21.7 Å². The van der Waals surface area contributed by atoms with Gasteiger partial charge in [0.15, 0.2) is 16.6 Å². The molecular formula is C23H27N5O2S. The molecule has 0 saturated carbocycles. The molecular weight excluding hydrogens is 410 g/mol. The molecule has 1 fully saturated rings. The van der Waals surface area contributed by atoms with Crippen molar-refractivity contribution in [3.05, 3.63) is 54.4 Å². The van der Waals surface area contributed by atoms with Crippen molar-refractivity contribution in [3.8, 4) is 11.5 Å². The van der Waals surface area contributed by atoms with Gasteiger partial charge in [-0.05, 0) is 23.8 Å². The number of thiocarbonyl (C=S) groups is 1. The summed E-state index contributed by atoms with van der Waals surface area (Å²) in [5, 5.41) is 1.83. The smallest absolute Gasteiger partial charge is 0.171 e. The van der Waals surface area contributed by atoms with Crippen LogP contribution < -0.4 is 14.4 Å². The van der Waals surface area contributed by atoms with E-state index in [0.29, 0.717) is 11.5 Å². The maximum atomic E-state index is 5.77. The predicted molar refractivity (Wildman–Crippen MR) is 127 cm³/mol. The van der Waals surface area contributed by atoms with Gasteiger partial charge in [0.2, 0.25) is 0 Å². The molecule has 0 radical (unpaired) electrons. The van der Waals surface area contributed by atoms with Gasteiger partial charge in [0.05, 0.1) is 19.7 Å². The fourth-order valence-corrected chi connectivity index (χ4v) is 4.14. The summed E-state index contributed by atoms with van der Waals surface area (Å²) >= 11 is 5.77. The number of hydrogen-bond acceptors (Lipinski definition) is 6. The molecule has 0 N–H and O–H groups in total. The van der Waals surface area contributed by atoms with Gasteiger partial charge >= 0.3 is 0 Å². The van der Waals surface area contributed by atoms with Crippen LogP contribution in [-0.4, -0.2) is 72.3 Å². The third kappa shape index (κ3) is 4.49. The topological polar surface area (TPSA) is 54.0 Å². The number of methoxy groups -OCH3 is 2. The molecule has 0 aliphatic carbocycles. The first-order chi connectivity index (χ1) is 15.1. The van der Waals surface area contributed by atoms with Gasteiger partial charge in [0, 0.05) is 51.2 Å². The van der Waals surface area contributed by atoms with E-state index in [1.54, 1.807) is 20.5 Å². The average molecular weight is 438 g/mol. The number of piperazine rings is 1. The molecule has 31 heavy (non-hydrogen) atoms. The highest BCUT2D eigenvalue weighted by Gasteiger charge is 2.23. The Labute approximate surface area is 188 Å². The summed E-state index contributed by atoms with van der Waals surface area (Å²) in [6, 6.07) is 14.2. The van der Waals surface area contributed by atoms with Crippen molar-refractivity contribution in [2.24, 2.45) is 0 Å². The van der Waals surface area contributed by atoms with Crippen LogP contribution in [0.3, 0.4) is 0 Å². The van der Waals surface area contributed by atoms with Gasteiger partial charge < -0.3 is 24.2 Å². The SMILES string of the molecule is COc1cc2ncnc(N3CCN(C(=S)N(C)Cc4ccccc4)CC3)c2cc1OC. The second-order valence-corrected chi connectivity index (χ2v) is 7.89. The Morgan fingerprint density at radius 2 is 1.68 bits per heavy atom. The van der Waals surface area contributed by atoms with Crippen LogP contribution in [0.1, 0.15) is 5.56 Å². The molecule has 1 aliphatic rings. The Kier molecular flexibility index (Phi) is 6.36. The normalized spacial score (nSPS) is 13.9. The molecule has 1 aliphatic heterocycles. The Morgan fingerprint density at radius 3 is 2.35 bits per heavy atom. The third-order valence-electron chi connectivity index (χ3n) is 5.56. The Bertz CT molecular complexity index is 1050. The van der Waals surface area contributed by atoms with E-state index in [9.17, 15) is 0 Å². The molecule has 3 aromatic rings. The number of hydrogen-bond donors (Lipinski definition) is 0. The summed E-state index contributed by atoms with van der Waals surface area (Å²) in [6.07, 6.45) is 1.61.